The van der Waals surface area contributed by atoms with Crippen LogP contribution in [0.15, 0.2) is 24.3 Å². The van der Waals surface area contributed by atoms with Gasteiger partial charge < -0.3 is 10.1 Å². The van der Waals surface area contributed by atoms with Gasteiger partial charge in [-0.3, -0.25) is 29.1 Å². The van der Waals surface area contributed by atoms with Crippen molar-refractivity contribution in [2.24, 2.45) is 0 Å². The highest BCUT2D eigenvalue weighted by Gasteiger charge is 2.48. The van der Waals surface area contributed by atoms with E-state index in [4.69, 9.17) is 0 Å². The molecule has 10 nitrogen and oxygen atoms in total. The summed E-state index contributed by atoms with van der Waals surface area (Å²) in [6, 6.07) is 4.10. The monoisotopic (exact) mass is 497 g/mol. The number of anilines is 1. The molecule has 0 aromatic heterocycles. The van der Waals surface area contributed by atoms with Gasteiger partial charge >= 0.3 is 24.2 Å². The number of carbonyl (C=O) groups excluding carboxylic acids is 4. The van der Waals surface area contributed by atoms with E-state index in [1.165, 1.54) is 12.1 Å². The Balaban J connectivity index is 1.22. The fourth-order valence-corrected chi connectivity index (χ4v) is 4.56. The number of rotatable bonds is 7. The number of carbonyl (C=O) groups is 4. The van der Waals surface area contributed by atoms with E-state index in [0.717, 1.165) is 47.6 Å². The Bertz CT molecular complexity index is 973. The molecule has 1 aliphatic carbocycles. The van der Waals surface area contributed by atoms with Gasteiger partial charge in [-0.15, -0.1) is 13.2 Å². The number of hydrogen-bond acceptors (Lipinski definition) is 7. The van der Waals surface area contributed by atoms with Crippen molar-refractivity contribution in [1.29, 1.82) is 0 Å². The van der Waals surface area contributed by atoms with E-state index in [1.807, 2.05) is 9.80 Å². The van der Waals surface area contributed by atoms with E-state index >= 15 is 0 Å². The molecule has 2 heterocycles. The third-order valence-electron chi connectivity index (χ3n) is 6.32. The zero-order chi connectivity index (χ0) is 25.2. The van der Waals surface area contributed by atoms with E-state index in [9.17, 15) is 32.3 Å². The zero-order valence-electron chi connectivity index (χ0n) is 18.9. The number of hydrogen-bond donors (Lipinski definition) is 1. The van der Waals surface area contributed by atoms with E-state index in [2.05, 4.69) is 10.1 Å². The van der Waals surface area contributed by atoms with Gasteiger partial charge in [0.15, 0.2) is 0 Å². The van der Waals surface area contributed by atoms with Crippen molar-refractivity contribution in [3.63, 3.8) is 0 Å². The minimum atomic E-state index is -4.78. The summed E-state index contributed by atoms with van der Waals surface area (Å²) in [5, 5.41) is 2.63. The molecule has 2 aliphatic heterocycles. The lowest BCUT2D eigenvalue weighted by atomic mass is 10.2. The highest BCUT2D eigenvalue weighted by atomic mass is 19.4. The first-order valence-corrected chi connectivity index (χ1v) is 11.4. The average Bonchev–Trinajstić information content (AvgIpc) is 3.38. The van der Waals surface area contributed by atoms with Crippen LogP contribution in [0, 0.1) is 0 Å². The van der Waals surface area contributed by atoms with Crippen LogP contribution in [0.4, 0.5) is 23.7 Å². The second-order valence-electron chi connectivity index (χ2n) is 8.79. The minimum Gasteiger partial charge on any atom is -0.406 e. The van der Waals surface area contributed by atoms with Crippen LogP contribution < -0.4 is 10.1 Å². The molecule has 1 saturated carbocycles. The summed E-state index contributed by atoms with van der Waals surface area (Å²) in [5.74, 6) is -2.26. The van der Waals surface area contributed by atoms with Crippen LogP contribution in [-0.4, -0.2) is 95.1 Å². The van der Waals surface area contributed by atoms with Gasteiger partial charge in [0.25, 0.3) is 0 Å². The van der Waals surface area contributed by atoms with Crippen LogP contribution in [0.25, 0.3) is 0 Å². The average molecular weight is 497 g/mol. The molecule has 0 unspecified atom stereocenters. The SMILES string of the molecule is O=C(CN1CCN(CN2C(=O)C(=O)N(C3CCCC3)C2=O)CC1)Nc1ccc(OC(F)(F)F)cc1. The highest BCUT2D eigenvalue weighted by Crippen LogP contribution is 2.28. The van der Waals surface area contributed by atoms with Crippen LogP contribution in [0.5, 0.6) is 5.75 Å². The Labute approximate surface area is 199 Å². The summed E-state index contributed by atoms with van der Waals surface area (Å²) in [7, 11) is 0. The summed E-state index contributed by atoms with van der Waals surface area (Å²) in [6.07, 6.45) is -1.46. The summed E-state index contributed by atoms with van der Waals surface area (Å²) < 4.78 is 40.5. The molecule has 35 heavy (non-hydrogen) atoms. The first kappa shape index (κ1) is 24.9. The number of nitrogens with zero attached hydrogens (tertiary/aromatic N) is 4. The molecule has 0 radical (unpaired) electrons. The summed E-state index contributed by atoms with van der Waals surface area (Å²) in [5.41, 5.74) is 0.339. The predicted molar refractivity (Wildman–Crippen MR) is 116 cm³/mol. The Morgan fingerprint density at radius 1 is 0.943 bits per heavy atom. The molecule has 1 N–H and O–H groups in total. The van der Waals surface area contributed by atoms with Gasteiger partial charge in [0.05, 0.1) is 13.2 Å². The molecule has 13 heteroatoms. The number of halogens is 3. The van der Waals surface area contributed by atoms with Crippen molar-refractivity contribution < 1.29 is 37.1 Å². The number of nitrogens with one attached hydrogen (secondary N) is 1. The number of urea groups is 1. The van der Waals surface area contributed by atoms with Crippen molar-refractivity contribution in [1.82, 2.24) is 19.6 Å². The number of piperazine rings is 1. The number of ether oxygens (including phenoxy) is 1. The third kappa shape index (κ3) is 6.09. The van der Waals surface area contributed by atoms with Crippen molar-refractivity contribution in [3.05, 3.63) is 24.3 Å². The highest BCUT2D eigenvalue weighted by molar-refractivity contribution is 6.44. The number of benzene rings is 1. The molecule has 3 aliphatic rings. The smallest absolute Gasteiger partial charge is 0.406 e. The molecule has 3 fully saturated rings. The number of imide groups is 2. The summed E-state index contributed by atoms with van der Waals surface area (Å²) >= 11 is 0. The molecule has 2 saturated heterocycles. The first-order chi connectivity index (χ1) is 16.6. The molecule has 0 spiro atoms. The number of alkyl halides is 3. The van der Waals surface area contributed by atoms with E-state index < -0.39 is 24.2 Å². The summed E-state index contributed by atoms with van der Waals surface area (Å²) in [6.45, 7) is 2.09. The van der Waals surface area contributed by atoms with Crippen LogP contribution in [-0.2, 0) is 14.4 Å². The first-order valence-electron chi connectivity index (χ1n) is 11.4. The molecule has 0 bridgehead atoms. The summed E-state index contributed by atoms with van der Waals surface area (Å²) in [4.78, 5) is 55.6. The van der Waals surface area contributed by atoms with Crippen molar-refractivity contribution in [2.75, 3.05) is 44.7 Å². The molecular weight excluding hydrogens is 471 g/mol. The molecule has 5 amide bonds. The molecule has 4 rings (SSSR count). The topological polar surface area (TPSA) is 103 Å². The minimum absolute atomic E-state index is 0.0268. The maximum absolute atomic E-state index is 12.7. The lowest BCUT2D eigenvalue weighted by Gasteiger charge is -2.35. The largest absolute Gasteiger partial charge is 0.573 e. The Hall–Kier alpha value is -3.19. The quantitative estimate of drug-likeness (QED) is 0.453. The van der Waals surface area contributed by atoms with Gasteiger partial charge in [0.1, 0.15) is 5.75 Å². The normalized spacial score (nSPS) is 20.7. The fraction of sp³-hybridized carbons (Fsp3) is 0.545. The van der Waals surface area contributed by atoms with Gasteiger partial charge in [-0.1, -0.05) is 12.8 Å². The van der Waals surface area contributed by atoms with Crippen molar-refractivity contribution in [2.45, 2.75) is 38.1 Å². The van der Waals surface area contributed by atoms with Gasteiger partial charge in [0, 0.05) is 37.9 Å². The zero-order valence-corrected chi connectivity index (χ0v) is 18.9. The standard InChI is InChI=1S/C22H26F3N5O5/c23-22(24,25)35-17-7-5-15(6-8-17)26-18(31)13-27-9-11-28(12-10-27)14-29-19(32)20(33)30(21(29)34)16-3-1-2-4-16/h5-8,16H,1-4,9-14H2,(H,26,31). The Kier molecular flexibility index (Phi) is 7.26. The Morgan fingerprint density at radius 3 is 2.14 bits per heavy atom. The Morgan fingerprint density at radius 2 is 1.54 bits per heavy atom. The predicted octanol–water partition coefficient (Wildman–Crippen LogP) is 1.83. The maximum Gasteiger partial charge on any atom is 0.573 e. The second-order valence-corrected chi connectivity index (χ2v) is 8.79. The van der Waals surface area contributed by atoms with Gasteiger partial charge in [-0.05, 0) is 37.1 Å². The fourth-order valence-electron chi connectivity index (χ4n) is 4.56. The molecule has 1 aromatic carbocycles. The van der Waals surface area contributed by atoms with Crippen LogP contribution in [0.3, 0.4) is 0 Å². The van der Waals surface area contributed by atoms with Crippen molar-refractivity contribution in [3.8, 4) is 5.75 Å². The van der Waals surface area contributed by atoms with Crippen molar-refractivity contribution >= 4 is 29.4 Å². The molecule has 1 aromatic rings. The third-order valence-corrected chi connectivity index (χ3v) is 6.32. The lowest BCUT2D eigenvalue weighted by Crippen LogP contribution is -2.52. The molecular formula is C22H26F3N5O5. The van der Waals surface area contributed by atoms with E-state index in [0.29, 0.717) is 31.9 Å². The van der Waals surface area contributed by atoms with E-state index in [-0.39, 0.29) is 30.9 Å². The van der Waals surface area contributed by atoms with Crippen LogP contribution in [0.2, 0.25) is 0 Å². The van der Waals surface area contributed by atoms with E-state index in [1.54, 1.807) is 0 Å². The van der Waals surface area contributed by atoms with Gasteiger partial charge in [-0.2, -0.15) is 0 Å². The number of amides is 5. The molecule has 0 atom stereocenters. The second kappa shape index (κ2) is 10.2. The van der Waals surface area contributed by atoms with Crippen LogP contribution in [0.1, 0.15) is 25.7 Å². The lowest BCUT2D eigenvalue weighted by molar-refractivity contribution is -0.274. The van der Waals surface area contributed by atoms with Gasteiger partial charge in [0.2, 0.25) is 5.91 Å². The van der Waals surface area contributed by atoms with Gasteiger partial charge in [-0.25, -0.2) is 9.69 Å². The maximum atomic E-state index is 12.7. The van der Waals surface area contributed by atoms with Crippen LogP contribution >= 0.6 is 0 Å². The molecule has 190 valence electrons.